The molecule has 1 atom stereocenters. The maximum Gasteiger partial charge on any atom is 0.220 e. The van der Waals surface area contributed by atoms with Gasteiger partial charge >= 0.3 is 0 Å². The van der Waals surface area contributed by atoms with E-state index in [1.165, 1.54) is 12.8 Å². The van der Waals surface area contributed by atoms with Crippen molar-refractivity contribution in [1.29, 1.82) is 0 Å². The predicted molar refractivity (Wildman–Crippen MR) is 80.8 cm³/mol. The number of halogens is 2. The van der Waals surface area contributed by atoms with Gasteiger partial charge in [-0.25, -0.2) is 0 Å². The van der Waals surface area contributed by atoms with Crippen LogP contribution in [0.25, 0.3) is 0 Å². The number of rotatable bonds is 5. The molecule has 0 radical (unpaired) electrons. The highest BCUT2D eigenvalue weighted by Gasteiger charge is 2.14. The molecule has 106 valence electrons. The van der Waals surface area contributed by atoms with E-state index < -0.39 is 0 Å². The van der Waals surface area contributed by atoms with E-state index in [2.05, 4.69) is 10.6 Å². The molecule has 1 heterocycles. The molecule has 5 heteroatoms. The summed E-state index contributed by atoms with van der Waals surface area (Å²) < 4.78 is 0. The molecule has 2 N–H and O–H groups in total. The van der Waals surface area contributed by atoms with Crippen molar-refractivity contribution >= 4 is 29.9 Å². The highest BCUT2D eigenvalue weighted by atomic mass is 35.5. The van der Waals surface area contributed by atoms with E-state index in [1.807, 2.05) is 24.3 Å². The molecule has 1 aromatic carbocycles. The van der Waals surface area contributed by atoms with Gasteiger partial charge in [0, 0.05) is 24.0 Å². The lowest BCUT2D eigenvalue weighted by atomic mass is 10.1. The van der Waals surface area contributed by atoms with Crippen LogP contribution >= 0.6 is 24.0 Å². The van der Waals surface area contributed by atoms with Gasteiger partial charge in [-0.1, -0.05) is 23.7 Å². The van der Waals surface area contributed by atoms with Crippen molar-refractivity contribution in [3.63, 3.8) is 0 Å². The molecular formula is C14H20Cl2N2O. The standard InChI is InChI=1S/C14H19ClN2O.ClH/c15-12-5-3-11(4-6-12)10-17-14(18)8-7-13-2-1-9-16-13;/h3-6,13,16H,1-2,7-10H2,(H,17,18);1H. The fourth-order valence-electron chi connectivity index (χ4n) is 2.20. The summed E-state index contributed by atoms with van der Waals surface area (Å²) in [4.78, 5) is 11.7. The summed E-state index contributed by atoms with van der Waals surface area (Å²) in [5.41, 5.74) is 1.08. The molecular weight excluding hydrogens is 283 g/mol. The molecule has 3 nitrogen and oxygen atoms in total. The highest BCUT2D eigenvalue weighted by molar-refractivity contribution is 6.30. The Morgan fingerprint density at radius 1 is 1.37 bits per heavy atom. The average molecular weight is 303 g/mol. The van der Waals surface area contributed by atoms with Gasteiger partial charge in [-0.2, -0.15) is 0 Å². The second kappa shape index (κ2) is 8.41. The summed E-state index contributed by atoms with van der Waals surface area (Å²) in [6.45, 7) is 1.67. The molecule has 0 spiro atoms. The fraction of sp³-hybridized carbons (Fsp3) is 0.500. The molecule has 19 heavy (non-hydrogen) atoms. The lowest BCUT2D eigenvalue weighted by Gasteiger charge is -2.10. The van der Waals surface area contributed by atoms with E-state index >= 15 is 0 Å². The maximum atomic E-state index is 11.7. The normalized spacial score (nSPS) is 17.8. The quantitative estimate of drug-likeness (QED) is 0.878. The Balaban J connectivity index is 0.00000180. The van der Waals surface area contributed by atoms with E-state index in [4.69, 9.17) is 11.6 Å². The summed E-state index contributed by atoms with van der Waals surface area (Å²) in [6, 6.07) is 8.07. The summed E-state index contributed by atoms with van der Waals surface area (Å²) in [6.07, 6.45) is 3.97. The molecule has 0 saturated carbocycles. The van der Waals surface area contributed by atoms with Gasteiger partial charge in [-0.3, -0.25) is 4.79 Å². The van der Waals surface area contributed by atoms with Gasteiger partial charge in [0.25, 0.3) is 0 Å². The minimum absolute atomic E-state index is 0. The lowest BCUT2D eigenvalue weighted by molar-refractivity contribution is -0.121. The van der Waals surface area contributed by atoms with Crippen LogP contribution in [0.2, 0.25) is 5.02 Å². The predicted octanol–water partition coefficient (Wildman–Crippen LogP) is 2.91. The molecule has 1 aromatic rings. The van der Waals surface area contributed by atoms with Gasteiger partial charge < -0.3 is 10.6 Å². The number of carbonyl (C=O) groups is 1. The molecule has 0 aliphatic carbocycles. The van der Waals surface area contributed by atoms with E-state index in [1.54, 1.807) is 0 Å². The number of hydrogen-bond donors (Lipinski definition) is 2. The summed E-state index contributed by atoms with van der Waals surface area (Å²) in [5, 5.41) is 7.05. The van der Waals surface area contributed by atoms with Crippen LogP contribution < -0.4 is 10.6 Å². The van der Waals surface area contributed by atoms with Crippen molar-refractivity contribution in [3.05, 3.63) is 34.9 Å². The number of amides is 1. The molecule has 0 aromatic heterocycles. The second-order valence-corrected chi connectivity index (χ2v) is 5.17. The minimum atomic E-state index is 0. The van der Waals surface area contributed by atoms with Crippen LogP contribution in [0.1, 0.15) is 31.2 Å². The monoisotopic (exact) mass is 302 g/mol. The van der Waals surface area contributed by atoms with Crippen molar-refractivity contribution in [2.45, 2.75) is 38.3 Å². The van der Waals surface area contributed by atoms with Crippen LogP contribution in [0.4, 0.5) is 0 Å². The summed E-state index contributed by atoms with van der Waals surface area (Å²) >= 11 is 5.80. The van der Waals surface area contributed by atoms with E-state index in [-0.39, 0.29) is 18.3 Å². The first-order chi connectivity index (χ1) is 8.74. The summed E-state index contributed by atoms with van der Waals surface area (Å²) in [5.74, 6) is 0.124. The van der Waals surface area contributed by atoms with Gasteiger partial charge in [0.05, 0.1) is 0 Å². The zero-order valence-electron chi connectivity index (χ0n) is 10.8. The zero-order valence-corrected chi connectivity index (χ0v) is 12.4. The van der Waals surface area contributed by atoms with Gasteiger partial charge in [0.15, 0.2) is 0 Å². The molecule has 2 rings (SSSR count). The maximum absolute atomic E-state index is 11.7. The molecule has 1 amide bonds. The highest BCUT2D eigenvalue weighted by Crippen LogP contribution is 2.11. The first kappa shape index (κ1) is 16.3. The molecule has 1 saturated heterocycles. The minimum Gasteiger partial charge on any atom is -0.352 e. The number of hydrogen-bond acceptors (Lipinski definition) is 2. The Bertz CT molecular complexity index is 389. The number of nitrogens with one attached hydrogen (secondary N) is 2. The van der Waals surface area contributed by atoms with E-state index in [0.29, 0.717) is 19.0 Å². The molecule has 1 fully saturated rings. The summed E-state index contributed by atoms with van der Waals surface area (Å²) in [7, 11) is 0. The topological polar surface area (TPSA) is 41.1 Å². The fourth-order valence-corrected chi connectivity index (χ4v) is 2.33. The van der Waals surface area contributed by atoms with Crippen molar-refractivity contribution < 1.29 is 4.79 Å². The van der Waals surface area contributed by atoms with Gasteiger partial charge in [0.1, 0.15) is 0 Å². The van der Waals surface area contributed by atoms with Gasteiger partial charge in [0.2, 0.25) is 5.91 Å². The largest absolute Gasteiger partial charge is 0.352 e. The van der Waals surface area contributed by atoms with E-state index in [0.717, 1.165) is 23.6 Å². The smallest absolute Gasteiger partial charge is 0.220 e. The Morgan fingerprint density at radius 2 is 2.11 bits per heavy atom. The molecule has 1 unspecified atom stereocenters. The average Bonchev–Trinajstić information content (AvgIpc) is 2.89. The Morgan fingerprint density at radius 3 is 2.74 bits per heavy atom. The van der Waals surface area contributed by atoms with Crippen molar-refractivity contribution in [2.24, 2.45) is 0 Å². The van der Waals surface area contributed by atoms with Gasteiger partial charge in [-0.15, -0.1) is 12.4 Å². The van der Waals surface area contributed by atoms with Crippen molar-refractivity contribution in [2.75, 3.05) is 6.54 Å². The Labute approximate surface area is 125 Å². The van der Waals surface area contributed by atoms with Crippen LogP contribution in [-0.2, 0) is 11.3 Å². The van der Waals surface area contributed by atoms with E-state index in [9.17, 15) is 4.79 Å². The molecule has 1 aliphatic heterocycles. The first-order valence-corrected chi connectivity index (χ1v) is 6.86. The van der Waals surface area contributed by atoms with Crippen molar-refractivity contribution in [3.8, 4) is 0 Å². The molecule has 1 aliphatic rings. The zero-order chi connectivity index (χ0) is 12.8. The van der Waals surface area contributed by atoms with Crippen LogP contribution in [0.3, 0.4) is 0 Å². The second-order valence-electron chi connectivity index (χ2n) is 4.74. The Hall–Kier alpha value is -0.770. The first-order valence-electron chi connectivity index (χ1n) is 6.48. The third-order valence-corrected chi connectivity index (χ3v) is 3.54. The number of carbonyl (C=O) groups excluding carboxylic acids is 1. The number of benzene rings is 1. The third kappa shape index (κ3) is 5.81. The van der Waals surface area contributed by atoms with Crippen LogP contribution in [0, 0.1) is 0 Å². The van der Waals surface area contributed by atoms with Gasteiger partial charge in [-0.05, 0) is 43.5 Å². The lowest BCUT2D eigenvalue weighted by Crippen LogP contribution is -2.27. The Kier molecular flexibility index (Phi) is 7.21. The van der Waals surface area contributed by atoms with Crippen LogP contribution in [0.15, 0.2) is 24.3 Å². The SMILES string of the molecule is Cl.O=C(CCC1CCCN1)NCc1ccc(Cl)cc1. The van der Waals surface area contributed by atoms with Crippen LogP contribution in [0.5, 0.6) is 0 Å². The third-order valence-electron chi connectivity index (χ3n) is 3.29. The molecule has 0 bridgehead atoms. The van der Waals surface area contributed by atoms with Crippen molar-refractivity contribution in [1.82, 2.24) is 10.6 Å². The van der Waals surface area contributed by atoms with Crippen LogP contribution in [-0.4, -0.2) is 18.5 Å².